The van der Waals surface area contributed by atoms with Gasteiger partial charge in [0.25, 0.3) is 11.8 Å². The molecule has 18 nitrogen and oxygen atoms in total. The number of thioether (sulfide) groups is 2. The first kappa shape index (κ1) is 40.0. The van der Waals surface area contributed by atoms with Crippen LogP contribution in [0.1, 0.15) is 25.0 Å². The molecular weight excluding hydrogens is 881 g/mol. The van der Waals surface area contributed by atoms with E-state index in [1.54, 1.807) is 50.2 Å². The maximum Gasteiger partial charge on any atom is 0.253 e. The standard InChI is InChI=1S/C38H28N12O6S5/c1-19(33(51)45-41-31(21-11-13-25-27(15-21)55-17-53-25)43-47-35-39-23-7-3-5-9-29(23)59-35)57-37-49-50-38(61-37)58-20(2)34(52)46-42-32(22-12-14-26-28(16-22)56-18-54-26)44-48-36-40-24-8-4-6-10-30(24)60-36/h3-16,19-20H,17-18H2,1-2H3,(H,45,51)(H,46,52). The first-order valence-electron chi connectivity index (χ1n) is 18.1. The predicted molar refractivity (Wildman–Crippen MR) is 233 cm³/mol. The second-order valence-corrected chi connectivity index (χ2v) is 18.8. The van der Waals surface area contributed by atoms with Crippen LogP contribution in [0.3, 0.4) is 0 Å². The minimum atomic E-state index is -0.629. The van der Waals surface area contributed by atoms with E-state index in [0.717, 1.165) is 20.4 Å². The molecule has 5 heterocycles. The Balaban J connectivity index is 0.838. The molecule has 0 saturated carbocycles. The third-order valence-electron chi connectivity index (χ3n) is 8.51. The van der Waals surface area contributed by atoms with Crippen LogP contribution in [-0.4, -0.2) is 67.7 Å². The highest BCUT2D eigenvalue weighted by atomic mass is 32.2. The van der Waals surface area contributed by atoms with Crippen LogP contribution in [0.2, 0.25) is 0 Å². The maximum atomic E-state index is 13.3. The van der Waals surface area contributed by atoms with Crippen LogP contribution in [0.15, 0.2) is 124 Å². The van der Waals surface area contributed by atoms with E-state index in [0.29, 0.717) is 53.1 Å². The summed E-state index contributed by atoms with van der Waals surface area (Å²) in [6.45, 7) is 3.63. The second kappa shape index (κ2) is 18.1. The molecule has 2 N–H and O–H groups in total. The highest BCUT2D eigenvalue weighted by molar-refractivity contribution is 8.04. The van der Waals surface area contributed by atoms with Crippen molar-refractivity contribution in [2.24, 2.45) is 30.7 Å². The number of aromatic nitrogens is 4. The molecule has 0 aliphatic carbocycles. The number of hydrogen-bond donors (Lipinski definition) is 2. The summed E-state index contributed by atoms with van der Waals surface area (Å²) in [6, 6.07) is 25.7. The molecular formula is C38H28N12O6S5. The van der Waals surface area contributed by atoms with E-state index in [9.17, 15) is 9.59 Å². The zero-order valence-corrected chi connectivity index (χ0v) is 35.7. The molecule has 23 heteroatoms. The van der Waals surface area contributed by atoms with Gasteiger partial charge in [0, 0.05) is 11.1 Å². The number of nitrogens with one attached hydrogen (secondary N) is 2. The topological polar surface area (TPSA) is 221 Å². The smallest absolute Gasteiger partial charge is 0.253 e. The lowest BCUT2D eigenvalue weighted by atomic mass is 10.2. The summed E-state index contributed by atoms with van der Waals surface area (Å²) < 4.78 is 24.9. The van der Waals surface area contributed by atoms with Gasteiger partial charge in [0.15, 0.2) is 31.7 Å². The van der Waals surface area contributed by atoms with Gasteiger partial charge in [0.1, 0.15) is 0 Å². The van der Waals surface area contributed by atoms with Gasteiger partial charge < -0.3 is 18.9 Å². The van der Waals surface area contributed by atoms with Gasteiger partial charge in [-0.15, -0.1) is 30.7 Å². The number of carbonyl (C=O) groups is 2. The SMILES string of the molecule is CC(Sc1nnc(SC(C)C(=O)NN=C(N=Nc2nc3ccccc3s2)c2ccc3c(c2)OCO3)s1)C(=O)NN=C(N=Nc1nc2ccccc2s1)c1ccc2c(c1)OCO2. The van der Waals surface area contributed by atoms with Gasteiger partial charge in [0.2, 0.25) is 35.5 Å². The highest BCUT2D eigenvalue weighted by Crippen LogP contribution is 2.36. The minimum absolute atomic E-state index is 0.0983. The van der Waals surface area contributed by atoms with Gasteiger partial charge >= 0.3 is 0 Å². The molecule has 0 bridgehead atoms. The van der Waals surface area contributed by atoms with Crippen LogP contribution in [0.25, 0.3) is 20.4 Å². The van der Waals surface area contributed by atoms with Crippen molar-refractivity contribution in [1.29, 1.82) is 0 Å². The number of carbonyl (C=O) groups excluding carboxylic acids is 2. The van der Waals surface area contributed by atoms with E-state index in [-0.39, 0.29) is 25.3 Å². The quantitative estimate of drug-likeness (QED) is 0.0386. The summed E-state index contributed by atoms with van der Waals surface area (Å²) >= 11 is 6.39. The third kappa shape index (κ3) is 9.49. The molecule has 3 aromatic heterocycles. The molecule has 2 atom stereocenters. The number of rotatable bonds is 12. The fraction of sp³-hybridized carbons (Fsp3) is 0.158. The first-order valence-corrected chi connectivity index (χ1v) is 22.3. The largest absolute Gasteiger partial charge is 0.454 e. The Labute approximate surface area is 365 Å². The van der Waals surface area contributed by atoms with E-state index in [4.69, 9.17) is 18.9 Å². The van der Waals surface area contributed by atoms with Crippen molar-refractivity contribution in [3.05, 3.63) is 96.1 Å². The zero-order valence-electron chi connectivity index (χ0n) is 31.6. The molecule has 0 radical (unpaired) electrons. The average Bonchev–Trinajstić information content (AvgIpc) is 4.13. The number of nitrogens with zero attached hydrogens (tertiary/aromatic N) is 10. The van der Waals surface area contributed by atoms with E-state index in [1.165, 1.54) is 57.5 Å². The predicted octanol–water partition coefficient (Wildman–Crippen LogP) is 8.70. The minimum Gasteiger partial charge on any atom is -0.454 e. The molecule has 2 aliphatic heterocycles. The number of hydrogen-bond acceptors (Lipinski definition) is 19. The van der Waals surface area contributed by atoms with Crippen molar-refractivity contribution in [3.8, 4) is 23.0 Å². The van der Waals surface area contributed by atoms with E-state index >= 15 is 0 Å². The molecule has 2 amide bonds. The number of hydrazone groups is 2. The van der Waals surface area contributed by atoms with Gasteiger partial charge in [-0.1, -0.05) is 81.8 Å². The van der Waals surface area contributed by atoms with Crippen molar-refractivity contribution < 1.29 is 28.5 Å². The lowest BCUT2D eigenvalue weighted by Gasteiger charge is -2.08. The van der Waals surface area contributed by atoms with Crippen LogP contribution in [-0.2, 0) is 9.59 Å². The van der Waals surface area contributed by atoms with E-state index < -0.39 is 22.3 Å². The molecule has 0 fully saturated rings. The fourth-order valence-corrected chi connectivity index (χ4v) is 10.3. The van der Waals surface area contributed by atoms with Gasteiger partial charge in [-0.3, -0.25) is 9.59 Å². The summed E-state index contributed by atoms with van der Waals surface area (Å²) in [5.74, 6) is 1.67. The van der Waals surface area contributed by atoms with Crippen molar-refractivity contribution >= 4 is 112 Å². The Kier molecular flexibility index (Phi) is 11.9. The number of amidine groups is 2. The molecule has 7 aromatic rings. The number of thiazole rings is 2. The second-order valence-electron chi connectivity index (χ2n) is 12.6. The number of fused-ring (bicyclic) bond motifs is 4. The van der Waals surface area contributed by atoms with Crippen molar-refractivity contribution in [2.45, 2.75) is 33.0 Å². The Hall–Kier alpha value is -6.40. The molecule has 61 heavy (non-hydrogen) atoms. The number of ether oxygens (including phenoxy) is 4. The molecule has 4 aromatic carbocycles. The average molecular weight is 909 g/mol. The Bertz CT molecular complexity index is 2660. The number of amides is 2. The van der Waals surface area contributed by atoms with Crippen molar-refractivity contribution in [1.82, 2.24) is 31.0 Å². The molecule has 2 aliphatic rings. The van der Waals surface area contributed by atoms with Gasteiger partial charge in [-0.25, -0.2) is 20.8 Å². The van der Waals surface area contributed by atoms with Crippen LogP contribution >= 0.6 is 57.5 Å². The normalized spacial score (nSPS) is 14.7. The van der Waals surface area contributed by atoms with Gasteiger partial charge in [-0.2, -0.15) is 10.2 Å². The molecule has 306 valence electrons. The van der Waals surface area contributed by atoms with Crippen LogP contribution in [0, 0.1) is 0 Å². The van der Waals surface area contributed by atoms with Crippen LogP contribution in [0.5, 0.6) is 23.0 Å². The molecule has 0 spiro atoms. The van der Waals surface area contributed by atoms with Gasteiger partial charge in [0.05, 0.1) is 30.9 Å². The molecule has 2 unspecified atom stereocenters. The number of benzene rings is 4. The third-order valence-corrected chi connectivity index (χ3v) is 13.6. The lowest BCUT2D eigenvalue weighted by molar-refractivity contribution is -0.121. The van der Waals surface area contributed by atoms with Gasteiger partial charge in [-0.05, 0) is 74.5 Å². The Morgan fingerprint density at radius 2 is 1.05 bits per heavy atom. The highest BCUT2D eigenvalue weighted by Gasteiger charge is 2.22. The fourth-order valence-electron chi connectivity index (χ4n) is 5.45. The summed E-state index contributed by atoms with van der Waals surface area (Å²) in [6.07, 6.45) is 0. The Morgan fingerprint density at radius 3 is 1.51 bits per heavy atom. The lowest BCUT2D eigenvalue weighted by Crippen LogP contribution is -2.27. The van der Waals surface area contributed by atoms with Crippen LogP contribution < -0.4 is 29.8 Å². The van der Waals surface area contributed by atoms with Crippen molar-refractivity contribution in [2.75, 3.05) is 13.6 Å². The van der Waals surface area contributed by atoms with E-state index in [2.05, 4.69) is 61.7 Å². The summed E-state index contributed by atoms with van der Waals surface area (Å²) in [5, 5.41) is 34.0. The summed E-state index contributed by atoms with van der Waals surface area (Å²) in [4.78, 5) is 35.6. The first-order chi connectivity index (χ1) is 29.8. The monoisotopic (exact) mass is 908 g/mol. The number of azo groups is 2. The summed E-state index contributed by atoms with van der Waals surface area (Å²) in [7, 11) is 0. The molecule has 9 rings (SSSR count). The Morgan fingerprint density at radius 1 is 0.607 bits per heavy atom. The maximum absolute atomic E-state index is 13.3. The zero-order chi connectivity index (χ0) is 41.7. The van der Waals surface area contributed by atoms with Crippen molar-refractivity contribution in [3.63, 3.8) is 0 Å². The number of para-hydroxylation sites is 2. The molecule has 0 saturated heterocycles. The van der Waals surface area contributed by atoms with Crippen LogP contribution in [0.4, 0.5) is 10.3 Å². The summed E-state index contributed by atoms with van der Waals surface area (Å²) in [5.41, 5.74) is 7.89. The van der Waals surface area contributed by atoms with E-state index in [1.807, 2.05) is 48.5 Å².